The van der Waals surface area contributed by atoms with Crippen LogP contribution in [0.1, 0.15) is 29.8 Å². The molecular weight excluding hydrogens is 216 g/mol. The summed E-state index contributed by atoms with van der Waals surface area (Å²) >= 11 is 0. The lowest BCUT2D eigenvalue weighted by atomic mass is 9.95. The Kier molecular flexibility index (Phi) is 2.76. The minimum Gasteiger partial charge on any atom is -0.507 e. The van der Waals surface area contributed by atoms with Crippen LogP contribution < -0.4 is 0 Å². The van der Waals surface area contributed by atoms with E-state index in [-0.39, 0.29) is 17.3 Å². The zero-order chi connectivity index (χ0) is 12.6. The minimum absolute atomic E-state index is 0.00912. The molecule has 3 heteroatoms. The number of carbonyl (C=O) groups is 1. The predicted molar refractivity (Wildman–Crippen MR) is 66.7 cm³/mol. The van der Waals surface area contributed by atoms with E-state index in [0.717, 1.165) is 10.9 Å². The zero-order valence-electron chi connectivity index (χ0n) is 9.82. The number of aromatic hydroxyl groups is 2. The zero-order valence-corrected chi connectivity index (χ0v) is 9.82. The van der Waals surface area contributed by atoms with Crippen molar-refractivity contribution in [2.24, 2.45) is 0 Å². The maximum atomic E-state index is 11.6. The van der Waals surface area contributed by atoms with Gasteiger partial charge >= 0.3 is 0 Å². The second-order valence-electron chi connectivity index (χ2n) is 4.04. The third kappa shape index (κ3) is 1.73. The van der Waals surface area contributed by atoms with Gasteiger partial charge in [-0.15, -0.1) is 0 Å². The summed E-state index contributed by atoms with van der Waals surface area (Å²) in [6.45, 7) is 3.34. The fraction of sp³-hybridized carbons (Fsp3) is 0.214. The second-order valence-corrected chi connectivity index (χ2v) is 4.04. The molecule has 0 saturated heterocycles. The van der Waals surface area contributed by atoms with Gasteiger partial charge in [-0.2, -0.15) is 0 Å². The molecule has 0 amide bonds. The Bertz CT molecular complexity index is 600. The quantitative estimate of drug-likeness (QED) is 0.780. The number of hydrogen-bond donors (Lipinski definition) is 2. The van der Waals surface area contributed by atoms with Gasteiger partial charge in [0, 0.05) is 0 Å². The van der Waals surface area contributed by atoms with Gasteiger partial charge in [0.1, 0.15) is 11.5 Å². The second kappa shape index (κ2) is 4.09. The van der Waals surface area contributed by atoms with Gasteiger partial charge in [0.25, 0.3) is 0 Å². The van der Waals surface area contributed by atoms with Crippen LogP contribution in [0.25, 0.3) is 10.8 Å². The SMILES string of the molecule is CCc1cc2cccc(O)c2c(O)c1C(C)=O. The van der Waals surface area contributed by atoms with E-state index in [4.69, 9.17) is 0 Å². The van der Waals surface area contributed by atoms with Crippen LogP contribution in [0, 0.1) is 0 Å². The van der Waals surface area contributed by atoms with Crippen molar-refractivity contribution in [2.45, 2.75) is 20.3 Å². The summed E-state index contributed by atoms with van der Waals surface area (Å²) < 4.78 is 0. The Balaban J connectivity index is 2.94. The molecule has 0 aromatic heterocycles. The van der Waals surface area contributed by atoms with Gasteiger partial charge < -0.3 is 10.2 Å². The Labute approximate surface area is 99.3 Å². The molecule has 0 unspecified atom stereocenters. The largest absolute Gasteiger partial charge is 0.507 e. The Morgan fingerprint density at radius 1 is 1.29 bits per heavy atom. The smallest absolute Gasteiger partial charge is 0.163 e. The number of phenols is 2. The maximum absolute atomic E-state index is 11.6. The topological polar surface area (TPSA) is 57.5 Å². The molecule has 2 aromatic rings. The van der Waals surface area contributed by atoms with E-state index in [2.05, 4.69) is 0 Å². The lowest BCUT2D eigenvalue weighted by Crippen LogP contribution is -2.00. The summed E-state index contributed by atoms with van der Waals surface area (Å²) in [4.78, 5) is 11.6. The third-order valence-electron chi connectivity index (χ3n) is 2.93. The summed E-state index contributed by atoms with van der Waals surface area (Å²) in [6.07, 6.45) is 0.661. The highest BCUT2D eigenvalue weighted by Gasteiger charge is 2.17. The Morgan fingerprint density at radius 2 is 2.00 bits per heavy atom. The van der Waals surface area contributed by atoms with Crippen LogP contribution in [0.4, 0.5) is 0 Å². The first-order valence-corrected chi connectivity index (χ1v) is 5.53. The number of aryl methyl sites for hydroxylation is 1. The lowest BCUT2D eigenvalue weighted by molar-refractivity contribution is 0.101. The van der Waals surface area contributed by atoms with Gasteiger partial charge in [-0.1, -0.05) is 25.1 Å². The highest BCUT2D eigenvalue weighted by molar-refractivity contribution is 6.06. The summed E-state index contributed by atoms with van der Waals surface area (Å²) in [6, 6.07) is 6.85. The van der Waals surface area contributed by atoms with Crippen molar-refractivity contribution in [1.82, 2.24) is 0 Å². The van der Waals surface area contributed by atoms with Crippen LogP contribution in [0.2, 0.25) is 0 Å². The highest BCUT2D eigenvalue weighted by atomic mass is 16.3. The first kappa shape index (κ1) is 11.5. The molecule has 0 fully saturated rings. The molecule has 0 bridgehead atoms. The molecule has 0 aliphatic carbocycles. The third-order valence-corrected chi connectivity index (χ3v) is 2.93. The number of ketones is 1. The molecule has 2 rings (SSSR count). The average molecular weight is 230 g/mol. The van der Waals surface area contributed by atoms with Crippen LogP contribution in [0.3, 0.4) is 0 Å². The molecule has 2 N–H and O–H groups in total. The minimum atomic E-state index is -0.190. The predicted octanol–water partition coefficient (Wildman–Crippen LogP) is 3.02. The van der Waals surface area contributed by atoms with Crippen molar-refractivity contribution < 1.29 is 15.0 Å². The van der Waals surface area contributed by atoms with Gasteiger partial charge in [-0.25, -0.2) is 0 Å². The van der Waals surface area contributed by atoms with Gasteiger partial charge in [-0.3, -0.25) is 4.79 Å². The van der Waals surface area contributed by atoms with E-state index in [9.17, 15) is 15.0 Å². The van der Waals surface area contributed by atoms with E-state index < -0.39 is 0 Å². The normalized spacial score (nSPS) is 10.7. The Morgan fingerprint density at radius 3 is 2.59 bits per heavy atom. The van der Waals surface area contributed by atoms with Crippen molar-refractivity contribution in [1.29, 1.82) is 0 Å². The molecule has 0 spiro atoms. The van der Waals surface area contributed by atoms with Crippen molar-refractivity contribution in [3.05, 3.63) is 35.4 Å². The number of carbonyl (C=O) groups excluding carboxylic acids is 1. The van der Waals surface area contributed by atoms with Crippen LogP contribution in [-0.4, -0.2) is 16.0 Å². The summed E-state index contributed by atoms with van der Waals surface area (Å²) in [7, 11) is 0. The fourth-order valence-corrected chi connectivity index (χ4v) is 2.14. The molecule has 17 heavy (non-hydrogen) atoms. The molecule has 0 aliphatic rings. The maximum Gasteiger partial charge on any atom is 0.163 e. The van der Waals surface area contributed by atoms with Gasteiger partial charge in [0.05, 0.1) is 10.9 Å². The standard InChI is InChI=1S/C14H14O3/c1-3-9-7-10-5-4-6-11(16)13(10)14(17)12(9)8(2)15/h4-7,16-17H,3H2,1-2H3. The monoisotopic (exact) mass is 230 g/mol. The summed E-state index contributed by atoms with van der Waals surface area (Å²) in [5.41, 5.74) is 1.11. The van der Waals surface area contributed by atoms with E-state index >= 15 is 0 Å². The van der Waals surface area contributed by atoms with Crippen molar-refractivity contribution in [2.75, 3.05) is 0 Å². The first-order valence-electron chi connectivity index (χ1n) is 5.53. The van der Waals surface area contributed by atoms with Crippen molar-refractivity contribution in [3.8, 4) is 11.5 Å². The van der Waals surface area contributed by atoms with E-state index in [1.807, 2.05) is 13.0 Å². The van der Waals surface area contributed by atoms with Crippen LogP contribution >= 0.6 is 0 Å². The van der Waals surface area contributed by atoms with Crippen LogP contribution in [0.5, 0.6) is 11.5 Å². The molecule has 2 aromatic carbocycles. The van der Waals surface area contributed by atoms with Gasteiger partial charge in [0.15, 0.2) is 5.78 Å². The average Bonchev–Trinajstić information content (AvgIpc) is 2.27. The number of rotatable bonds is 2. The number of fused-ring (bicyclic) bond motifs is 1. The highest BCUT2D eigenvalue weighted by Crippen LogP contribution is 2.37. The number of Topliss-reactive ketones (excluding diaryl/α,β-unsaturated/α-hetero) is 1. The molecular formula is C14H14O3. The molecule has 88 valence electrons. The summed E-state index contributed by atoms with van der Waals surface area (Å²) in [5.74, 6) is -0.320. The van der Waals surface area contributed by atoms with E-state index in [0.29, 0.717) is 17.4 Å². The first-order chi connectivity index (χ1) is 8.06. The molecule has 0 atom stereocenters. The molecule has 0 radical (unpaired) electrons. The number of hydrogen-bond acceptors (Lipinski definition) is 3. The van der Waals surface area contributed by atoms with Gasteiger partial charge in [0.2, 0.25) is 0 Å². The lowest BCUT2D eigenvalue weighted by Gasteiger charge is -2.11. The van der Waals surface area contributed by atoms with E-state index in [1.165, 1.54) is 13.0 Å². The Hall–Kier alpha value is -2.03. The summed E-state index contributed by atoms with van der Waals surface area (Å²) in [5, 5.41) is 21.0. The number of benzene rings is 2. The van der Waals surface area contributed by atoms with Crippen LogP contribution in [-0.2, 0) is 6.42 Å². The van der Waals surface area contributed by atoms with Crippen molar-refractivity contribution >= 4 is 16.6 Å². The number of phenolic OH excluding ortho intramolecular Hbond substituents is 2. The molecule has 0 heterocycles. The van der Waals surface area contributed by atoms with Crippen molar-refractivity contribution in [3.63, 3.8) is 0 Å². The van der Waals surface area contributed by atoms with Gasteiger partial charge in [-0.05, 0) is 30.4 Å². The molecule has 0 aliphatic heterocycles. The van der Waals surface area contributed by atoms with Crippen LogP contribution in [0.15, 0.2) is 24.3 Å². The molecule has 3 nitrogen and oxygen atoms in total. The molecule has 0 saturated carbocycles. The van der Waals surface area contributed by atoms with E-state index in [1.54, 1.807) is 12.1 Å². The fourth-order valence-electron chi connectivity index (χ4n) is 2.14.